The van der Waals surface area contributed by atoms with E-state index >= 15 is 0 Å². The highest BCUT2D eigenvalue weighted by atomic mass is 16.3. The van der Waals surface area contributed by atoms with Crippen LogP contribution in [0, 0.1) is 13.8 Å². The fourth-order valence-corrected chi connectivity index (χ4v) is 1.32. The minimum atomic E-state index is -0.946. The van der Waals surface area contributed by atoms with Crippen LogP contribution < -0.4 is 5.73 Å². The summed E-state index contributed by atoms with van der Waals surface area (Å²) >= 11 is 0. The van der Waals surface area contributed by atoms with Crippen molar-refractivity contribution in [3.05, 3.63) is 34.9 Å². The van der Waals surface area contributed by atoms with Crippen molar-refractivity contribution in [3.63, 3.8) is 0 Å². The summed E-state index contributed by atoms with van der Waals surface area (Å²) in [6, 6.07) is 5.68. The van der Waals surface area contributed by atoms with Gasteiger partial charge in [0.15, 0.2) is 0 Å². The fraction of sp³-hybridized carbons (Fsp3) is 0.500. The summed E-state index contributed by atoms with van der Waals surface area (Å²) in [5, 5.41) is 10.2. The summed E-state index contributed by atoms with van der Waals surface area (Å²) in [6.07, 6.45) is 0. The smallest absolute Gasteiger partial charge is 0.102 e. The molecule has 2 unspecified atom stereocenters. The molecule has 1 aromatic rings. The van der Waals surface area contributed by atoms with Gasteiger partial charge in [-0.25, -0.2) is 0 Å². The Morgan fingerprint density at radius 3 is 2.29 bits per heavy atom. The maximum Gasteiger partial charge on any atom is 0.102 e. The number of hydrogen-bond acceptors (Lipinski definition) is 2. The Hall–Kier alpha value is -0.860. The average Bonchev–Trinajstić information content (AvgIpc) is 2.09. The van der Waals surface area contributed by atoms with E-state index in [4.69, 9.17) is 5.73 Å². The van der Waals surface area contributed by atoms with Gasteiger partial charge in [-0.15, -0.1) is 0 Å². The molecule has 0 aliphatic rings. The number of aliphatic hydroxyl groups is 1. The Balaban J connectivity index is 3.14. The van der Waals surface area contributed by atoms with Crippen molar-refractivity contribution in [2.24, 2.45) is 5.73 Å². The Bertz CT molecular complexity index is 329. The van der Waals surface area contributed by atoms with E-state index < -0.39 is 5.60 Å². The van der Waals surface area contributed by atoms with Gasteiger partial charge in [0.25, 0.3) is 0 Å². The minimum absolute atomic E-state index is 0.274. The second-order valence-electron chi connectivity index (χ2n) is 4.24. The highest BCUT2D eigenvalue weighted by molar-refractivity contribution is 5.33. The van der Waals surface area contributed by atoms with Crippen LogP contribution in [0.4, 0.5) is 0 Å². The van der Waals surface area contributed by atoms with Gasteiger partial charge in [0.05, 0.1) is 0 Å². The molecule has 0 spiro atoms. The summed E-state index contributed by atoms with van der Waals surface area (Å²) in [6.45, 7) is 7.66. The van der Waals surface area contributed by atoms with Gasteiger partial charge in [-0.3, -0.25) is 0 Å². The summed E-state index contributed by atoms with van der Waals surface area (Å²) in [5.74, 6) is 0. The molecule has 0 radical (unpaired) electrons. The van der Waals surface area contributed by atoms with Gasteiger partial charge in [-0.2, -0.15) is 0 Å². The lowest BCUT2D eigenvalue weighted by Gasteiger charge is -2.28. The molecule has 0 fully saturated rings. The van der Waals surface area contributed by atoms with Crippen LogP contribution in [-0.2, 0) is 5.60 Å². The third-order valence-corrected chi connectivity index (χ3v) is 2.98. The van der Waals surface area contributed by atoms with E-state index in [1.807, 2.05) is 32.0 Å². The van der Waals surface area contributed by atoms with E-state index in [1.165, 1.54) is 11.1 Å². The van der Waals surface area contributed by atoms with E-state index in [2.05, 4.69) is 6.92 Å². The highest BCUT2D eigenvalue weighted by Crippen LogP contribution is 2.25. The van der Waals surface area contributed by atoms with Crippen molar-refractivity contribution in [2.45, 2.75) is 39.3 Å². The standard InChI is InChI=1S/C12H19NO/c1-8-5-6-11(7-9(8)2)12(4,14)10(3)13/h5-7,10,14H,13H2,1-4H3. The van der Waals surface area contributed by atoms with Crippen molar-refractivity contribution in [2.75, 3.05) is 0 Å². The fourth-order valence-electron chi connectivity index (χ4n) is 1.32. The summed E-state index contributed by atoms with van der Waals surface area (Å²) in [7, 11) is 0. The van der Waals surface area contributed by atoms with Crippen molar-refractivity contribution in [3.8, 4) is 0 Å². The highest BCUT2D eigenvalue weighted by Gasteiger charge is 2.27. The quantitative estimate of drug-likeness (QED) is 0.753. The third-order valence-electron chi connectivity index (χ3n) is 2.98. The van der Waals surface area contributed by atoms with Crippen molar-refractivity contribution in [1.29, 1.82) is 0 Å². The first-order valence-electron chi connectivity index (χ1n) is 4.91. The molecule has 0 saturated carbocycles. The molecule has 0 bridgehead atoms. The molecular weight excluding hydrogens is 174 g/mol. The molecule has 0 heterocycles. The van der Waals surface area contributed by atoms with E-state index in [1.54, 1.807) is 6.92 Å². The van der Waals surface area contributed by atoms with Gasteiger partial charge in [0, 0.05) is 6.04 Å². The van der Waals surface area contributed by atoms with E-state index in [0.717, 1.165) is 5.56 Å². The topological polar surface area (TPSA) is 46.2 Å². The molecule has 3 N–H and O–H groups in total. The third kappa shape index (κ3) is 1.97. The molecule has 0 aliphatic heterocycles. The lowest BCUT2D eigenvalue weighted by Crippen LogP contribution is -2.40. The van der Waals surface area contributed by atoms with Crippen LogP contribution in [0.3, 0.4) is 0 Å². The molecule has 14 heavy (non-hydrogen) atoms. The Morgan fingerprint density at radius 2 is 1.86 bits per heavy atom. The molecule has 2 atom stereocenters. The summed E-state index contributed by atoms with van der Waals surface area (Å²) < 4.78 is 0. The number of rotatable bonds is 2. The van der Waals surface area contributed by atoms with Gasteiger partial charge in [0.2, 0.25) is 0 Å². The SMILES string of the molecule is Cc1ccc(C(C)(O)C(C)N)cc1C. The molecule has 2 heteroatoms. The van der Waals surface area contributed by atoms with Crippen LogP contribution in [-0.4, -0.2) is 11.1 Å². The zero-order chi connectivity index (χ0) is 10.9. The molecular formula is C12H19NO. The zero-order valence-corrected chi connectivity index (χ0v) is 9.33. The second-order valence-corrected chi connectivity index (χ2v) is 4.24. The van der Waals surface area contributed by atoms with Crippen molar-refractivity contribution >= 4 is 0 Å². The molecule has 0 amide bonds. The zero-order valence-electron chi connectivity index (χ0n) is 9.33. The Morgan fingerprint density at radius 1 is 1.29 bits per heavy atom. The Kier molecular flexibility index (Phi) is 2.98. The molecule has 0 saturated heterocycles. The van der Waals surface area contributed by atoms with Gasteiger partial charge < -0.3 is 10.8 Å². The molecule has 2 nitrogen and oxygen atoms in total. The van der Waals surface area contributed by atoms with Crippen LogP contribution in [0.5, 0.6) is 0 Å². The largest absolute Gasteiger partial charge is 0.384 e. The first kappa shape index (κ1) is 11.2. The normalized spacial score (nSPS) is 17.6. The monoisotopic (exact) mass is 193 g/mol. The minimum Gasteiger partial charge on any atom is -0.384 e. The van der Waals surface area contributed by atoms with Crippen LogP contribution in [0.15, 0.2) is 18.2 Å². The molecule has 0 aromatic heterocycles. The van der Waals surface area contributed by atoms with Gasteiger partial charge in [-0.05, 0) is 44.4 Å². The molecule has 0 aliphatic carbocycles. The van der Waals surface area contributed by atoms with Gasteiger partial charge >= 0.3 is 0 Å². The molecule has 78 valence electrons. The number of aryl methyl sites for hydroxylation is 2. The number of nitrogens with two attached hydrogens (primary N) is 1. The van der Waals surface area contributed by atoms with Crippen molar-refractivity contribution < 1.29 is 5.11 Å². The lowest BCUT2D eigenvalue weighted by molar-refractivity contribution is 0.0348. The maximum absolute atomic E-state index is 10.2. The van der Waals surface area contributed by atoms with Crippen LogP contribution in [0.2, 0.25) is 0 Å². The molecule has 1 rings (SSSR count). The average molecular weight is 193 g/mol. The van der Waals surface area contributed by atoms with Gasteiger partial charge in [0.1, 0.15) is 5.60 Å². The van der Waals surface area contributed by atoms with Crippen molar-refractivity contribution in [1.82, 2.24) is 0 Å². The first-order valence-corrected chi connectivity index (χ1v) is 4.91. The summed E-state index contributed by atoms with van der Waals surface area (Å²) in [5.41, 5.74) is 8.09. The first-order chi connectivity index (χ1) is 6.35. The second kappa shape index (κ2) is 3.71. The van der Waals surface area contributed by atoms with Crippen LogP contribution >= 0.6 is 0 Å². The van der Waals surface area contributed by atoms with Gasteiger partial charge in [-0.1, -0.05) is 18.2 Å². The van der Waals surface area contributed by atoms with E-state index in [9.17, 15) is 5.11 Å². The maximum atomic E-state index is 10.2. The van der Waals surface area contributed by atoms with E-state index in [-0.39, 0.29) is 6.04 Å². The Labute approximate surface area is 85.8 Å². The number of hydrogen-bond donors (Lipinski definition) is 2. The van der Waals surface area contributed by atoms with Crippen LogP contribution in [0.25, 0.3) is 0 Å². The predicted octanol–water partition coefficient (Wildman–Crippen LogP) is 1.86. The van der Waals surface area contributed by atoms with Crippen LogP contribution in [0.1, 0.15) is 30.5 Å². The van der Waals surface area contributed by atoms with E-state index in [0.29, 0.717) is 0 Å². The number of benzene rings is 1. The molecule has 1 aromatic carbocycles. The predicted molar refractivity (Wildman–Crippen MR) is 59.1 cm³/mol. The lowest BCUT2D eigenvalue weighted by atomic mass is 9.88. The summed E-state index contributed by atoms with van der Waals surface area (Å²) in [4.78, 5) is 0.